The molecule has 3 heteroatoms. The van der Waals surface area contributed by atoms with Gasteiger partial charge in [-0.1, -0.05) is 121 Å². The van der Waals surface area contributed by atoms with Gasteiger partial charge in [0, 0.05) is 57.1 Å². The number of hydrogen-bond donors (Lipinski definition) is 0. The first-order valence-corrected chi connectivity index (χ1v) is 20.4. The minimum Gasteiger partial charge on any atom is -0.310 e. The molecule has 0 bridgehead atoms. The van der Waals surface area contributed by atoms with E-state index in [1.165, 1.54) is 101 Å². The van der Waals surface area contributed by atoms with Crippen molar-refractivity contribution in [2.24, 2.45) is 0 Å². The molecule has 0 spiro atoms. The molecule has 12 aromatic rings. The van der Waals surface area contributed by atoms with Crippen LogP contribution in [0.5, 0.6) is 0 Å². The van der Waals surface area contributed by atoms with Crippen molar-refractivity contribution < 1.29 is 0 Å². The lowest BCUT2D eigenvalue weighted by Gasteiger charge is -2.28. The van der Waals surface area contributed by atoms with Gasteiger partial charge in [0.2, 0.25) is 0 Å². The number of fused-ring (bicyclic) bond motifs is 6. The second kappa shape index (κ2) is 12.0. The number of benzene rings is 10. The fraction of sp³-hybridized carbons (Fsp3) is 0. The molecule has 1 nitrogen and oxygen atoms in total. The van der Waals surface area contributed by atoms with Crippen LogP contribution in [-0.2, 0) is 0 Å². The summed E-state index contributed by atoms with van der Waals surface area (Å²) in [5, 5.41) is 13.0. The molecule has 0 fully saturated rings. The lowest BCUT2D eigenvalue weighted by Crippen LogP contribution is -2.10. The van der Waals surface area contributed by atoms with Gasteiger partial charge in [-0.25, -0.2) is 0 Å². The highest BCUT2D eigenvalue weighted by molar-refractivity contribution is 7.26. The largest absolute Gasteiger partial charge is 0.310 e. The summed E-state index contributed by atoms with van der Waals surface area (Å²) in [5.74, 6) is 0. The summed E-state index contributed by atoms with van der Waals surface area (Å²) in [6, 6.07) is 69.9. The van der Waals surface area contributed by atoms with E-state index in [0.717, 1.165) is 11.4 Å². The van der Waals surface area contributed by atoms with Gasteiger partial charge >= 0.3 is 0 Å². The fourth-order valence-corrected chi connectivity index (χ4v) is 10.9. The zero-order valence-electron chi connectivity index (χ0n) is 29.7. The lowest BCUT2D eigenvalue weighted by atomic mass is 9.93. The van der Waals surface area contributed by atoms with Crippen molar-refractivity contribution in [1.82, 2.24) is 0 Å². The zero-order chi connectivity index (χ0) is 36.0. The van der Waals surface area contributed by atoms with Gasteiger partial charge in [0.1, 0.15) is 0 Å². The van der Waals surface area contributed by atoms with Crippen LogP contribution >= 0.6 is 22.7 Å². The number of rotatable bonds is 5. The predicted molar refractivity (Wildman–Crippen MR) is 241 cm³/mol. The summed E-state index contributed by atoms with van der Waals surface area (Å²) < 4.78 is 5.32. The van der Waals surface area contributed by atoms with Crippen molar-refractivity contribution in [2.45, 2.75) is 0 Å². The molecule has 0 amide bonds. The van der Waals surface area contributed by atoms with E-state index < -0.39 is 0 Å². The van der Waals surface area contributed by atoms with Crippen LogP contribution in [0.2, 0.25) is 0 Å². The van der Waals surface area contributed by atoms with Crippen molar-refractivity contribution in [2.75, 3.05) is 4.90 Å². The van der Waals surface area contributed by atoms with Crippen molar-refractivity contribution in [3.8, 4) is 22.3 Å². The molecule has 55 heavy (non-hydrogen) atoms. The molecule has 0 saturated heterocycles. The molecule has 256 valence electrons. The summed E-state index contributed by atoms with van der Waals surface area (Å²) in [7, 11) is 0. The smallest absolute Gasteiger partial charge is 0.0540 e. The third-order valence-corrected chi connectivity index (χ3v) is 13.7. The molecule has 0 unspecified atom stereocenters. The molecule has 0 atom stereocenters. The average Bonchev–Trinajstić information content (AvgIpc) is 3.81. The maximum Gasteiger partial charge on any atom is 0.0540 e. The molecule has 2 heterocycles. The Hall–Kier alpha value is -6.52. The molecule has 0 aliphatic heterocycles. The maximum atomic E-state index is 2.44. The Morgan fingerprint density at radius 1 is 0.291 bits per heavy atom. The topological polar surface area (TPSA) is 3.24 Å². The van der Waals surface area contributed by atoms with Crippen LogP contribution in [0, 0.1) is 0 Å². The van der Waals surface area contributed by atoms with Gasteiger partial charge in [-0.3, -0.25) is 0 Å². The van der Waals surface area contributed by atoms with Gasteiger partial charge in [0.05, 0.1) is 5.69 Å². The monoisotopic (exact) mass is 733 g/mol. The van der Waals surface area contributed by atoms with E-state index >= 15 is 0 Å². The lowest BCUT2D eigenvalue weighted by molar-refractivity contribution is 1.30. The zero-order valence-corrected chi connectivity index (χ0v) is 31.3. The Labute approximate surface area is 325 Å². The van der Waals surface area contributed by atoms with Crippen LogP contribution in [0.4, 0.5) is 17.1 Å². The van der Waals surface area contributed by atoms with E-state index in [9.17, 15) is 0 Å². The quantitative estimate of drug-likeness (QED) is 0.159. The summed E-state index contributed by atoms with van der Waals surface area (Å²) in [4.78, 5) is 2.44. The molecule has 0 aliphatic carbocycles. The second-order valence-corrected chi connectivity index (χ2v) is 16.7. The molecular formula is C52H31NS2. The summed E-state index contributed by atoms with van der Waals surface area (Å²) >= 11 is 3.73. The molecule has 12 rings (SSSR count). The van der Waals surface area contributed by atoms with Crippen molar-refractivity contribution in [3.05, 3.63) is 188 Å². The molecule has 2 aromatic heterocycles. The van der Waals surface area contributed by atoms with E-state index in [0.29, 0.717) is 0 Å². The SMILES string of the molecule is c1cc2ccc3ccc(N(c4ccc(-c5ccc6sc7ccccc7c6c5)cc4)c4ccc(-c5ccc6sc7ccccc7c6c5)cc4)c4ccc(c1)c2c34. The highest BCUT2D eigenvalue weighted by atomic mass is 32.1. The first-order chi connectivity index (χ1) is 27.2. The first kappa shape index (κ1) is 30.9. The molecular weight excluding hydrogens is 703 g/mol. The molecule has 10 aromatic carbocycles. The van der Waals surface area contributed by atoms with Gasteiger partial charge in [-0.2, -0.15) is 0 Å². The number of hydrogen-bond acceptors (Lipinski definition) is 3. The van der Waals surface area contributed by atoms with Crippen LogP contribution in [-0.4, -0.2) is 0 Å². The van der Waals surface area contributed by atoms with E-state index in [4.69, 9.17) is 0 Å². The normalized spacial score (nSPS) is 12.0. The Bertz CT molecular complexity index is 3250. The van der Waals surface area contributed by atoms with Gasteiger partial charge in [-0.15, -0.1) is 22.7 Å². The molecule has 0 radical (unpaired) electrons. The Morgan fingerprint density at radius 2 is 0.745 bits per heavy atom. The van der Waals surface area contributed by atoms with E-state index in [-0.39, 0.29) is 0 Å². The third-order valence-electron chi connectivity index (χ3n) is 11.4. The van der Waals surface area contributed by atoms with Gasteiger partial charge in [-0.05, 0) is 116 Å². The van der Waals surface area contributed by atoms with Gasteiger partial charge < -0.3 is 4.90 Å². The summed E-state index contributed by atoms with van der Waals surface area (Å²) in [5.41, 5.74) is 8.31. The van der Waals surface area contributed by atoms with E-state index in [1.807, 2.05) is 22.7 Å². The first-order valence-electron chi connectivity index (χ1n) is 18.7. The second-order valence-electron chi connectivity index (χ2n) is 14.5. The van der Waals surface area contributed by atoms with Crippen LogP contribution < -0.4 is 4.90 Å². The average molecular weight is 734 g/mol. The van der Waals surface area contributed by atoms with Gasteiger partial charge in [0.25, 0.3) is 0 Å². The van der Waals surface area contributed by atoms with Crippen LogP contribution in [0.3, 0.4) is 0 Å². The highest BCUT2D eigenvalue weighted by Gasteiger charge is 2.19. The summed E-state index contributed by atoms with van der Waals surface area (Å²) in [6.45, 7) is 0. The fourth-order valence-electron chi connectivity index (χ4n) is 8.76. The Balaban J connectivity index is 1.00. The molecule has 0 N–H and O–H groups in total. The minimum atomic E-state index is 1.12. The van der Waals surface area contributed by atoms with Crippen molar-refractivity contribution >= 4 is 112 Å². The van der Waals surface area contributed by atoms with Gasteiger partial charge in [0.15, 0.2) is 0 Å². The number of anilines is 3. The minimum absolute atomic E-state index is 1.12. The van der Waals surface area contributed by atoms with Crippen molar-refractivity contribution in [1.29, 1.82) is 0 Å². The highest BCUT2D eigenvalue weighted by Crippen LogP contribution is 2.45. The van der Waals surface area contributed by atoms with E-state index in [2.05, 4.69) is 193 Å². The van der Waals surface area contributed by atoms with Crippen LogP contribution in [0.1, 0.15) is 0 Å². The van der Waals surface area contributed by atoms with E-state index in [1.54, 1.807) is 0 Å². The maximum absolute atomic E-state index is 2.44. The van der Waals surface area contributed by atoms with Crippen molar-refractivity contribution in [3.63, 3.8) is 0 Å². The number of thiophene rings is 2. The Morgan fingerprint density at radius 3 is 1.31 bits per heavy atom. The molecule has 0 saturated carbocycles. The number of nitrogens with zero attached hydrogens (tertiary/aromatic N) is 1. The predicted octanol–water partition coefficient (Wildman–Crippen LogP) is 16.1. The van der Waals surface area contributed by atoms with Crippen LogP contribution in [0.25, 0.3) is 94.9 Å². The third kappa shape index (κ3) is 4.84. The standard InChI is InChI=1S/C52H31NS2/c1-3-10-47-41(8-1)44-30-37(20-28-49(44)54-47)32-14-22-39(23-15-32)53(46-27-19-36-13-12-34-6-5-7-35-18-26-43(46)52(36)51(34)35)40-24-16-33(17-25-40)38-21-29-50-45(31-38)42-9-2-4-11-48(42)55-50/h1-31H. The summed E-state index contributed by atoms with van der Waals surface area (Å²) in [6.07, 6.45) is 0. The van der Waals surface area contributed by atoms with Crippen LogP contribution in [0.15, 0.2) is 188 Å². The molecule has 0 aliphatic rings. The Kier molecular flexibility index (Phi) is 6.74.